The van der Waals surface area contributed by atoms with Crippen LogP contribution in [0.1, 0.15) is 9.67 Å². The molecule has 0 radical (unpaired) electrons. The van der Waals surface area contributed by atoms with Crippen LogP contribution in [0.4, 0.5) is 5.13 Å². The number of rotatable bonds is 6. The lowest BCUT2D eigenvalue weighted by atomic mass is 10.2. The molecule has 0 saturated carbocycles. The minimum atomic E-state index is -0.171. The van der Waals surface area contributed by atoms with Gasteiger partial charge >= 0.3 is 0 Å². The summed E-state index contributed by atoms with van der Waals surface area (Å²) in [6.45, 7) is 0. The number of thiazole rings is 2. The fourth-order valence-corrected chi connectivity index (χ4v) is 6.13. The molecule has 1 N–H and O–H groups in total. The van der Waals surface area contributed by atoms with Crippen LogP contribution in [0.2, 0.25) is 0 Å². The van der Waals surface area contributed by atoms with E-state index in [1.165, 1.54) is 22.7 Å². The molecule has 3 aromatic heterocycles. The fraction of sp³-hybridized carbons (Fsp3) is 0. The number of fused-ring (bicyclic) bond motifs is 1. The van der Waals surface area contributed by atoms with Crippen molar-refractivity contribution < 1.29 is 9.53 Å². The van der Waals surface area contributed by atoms with Crippen molar-refractivity contribution >= 4 is 55.3 Å². The second kappa shape index (κ2) is 9.42. The SMILES string of the molecule is O=C(Nc1nc(-c2ccc(Oc3ccccc3)cc2)cs1)c1ccc(-c2nc3ccccc3s2)s1. The molecular formula is C27H17N3O2S3. The maximum absolute atomic E-state index is 12.8. The first-order valence-electron chi connectivity index (χ1n) is 10.8. The zero-order valence-electron chi connectivity index (χ0n) is 18.2. The molecule has 6 aromatic rings. The van der Waals surface area contributed by atoms with Crippen LogP contribution in [0.5, 0.6) is 11.5 Å². The molecule has 8 heteroatoms. The van der Waals surface area contributed by atoms with Crippen molar-refractivity contribution in [2.75, 3.05) is 5.32 Å². The minimum Gasteiger partial charge on any atom is -0.457 e. The predicted octanol–water partition coefficient (Wildman–Crippen LogP) is 8.19. The lowest BCUT2D eigenvalue weighted by Crippen LogP contribution is -2.09. The largest absolute Gasteiger partial charge is 0.457 e. The Morgan fingerprint density at radius 1 is 0.771 bits per heavy atom. The molecule has 6 rings (SSSR count). The van der Waals surface area contributed by atoms with Crippen molar-refractivity contribution in [1.82, 2.24) is 9.97 Å². The lowest BCUT2D eigenvalue weighted by Gasteiger charge is -2.05. The Kier molecular flexibility index (Phi) is 5.83. The van der Waals surface area contributed by atoms with Gasteiger partial charge in [0.2, 0.25) is 0 Å². The average molecular weight is 512 g/mol. The third kappa shape index (κ3) is 4.72. The number of hydrogen-bond donors (Lipinski definition) is 1. The Bertz CT molecular complexity index is 1590. The summed E-state index contributed by atoms with van der Waals surface area (Å²) in [4.78, 5) is 23.7. The molecular weight excluding hydrogens is 495 g/mol. The van der Waals surface area contributed by atoms with Gasteiger partial charge in [-0.25, -0.2) is 9.97 Å². The summed E-state index contributed by atoms with van der Waals surface area (Å²) >= 11 is 4.46. The predicted molar refractivity (Wildman–Crippen MR) is 145 cm³/mol. The van der Waals surface area contributed by atoms with Crippen LogP contribution < -0.4 is 10.1 Å². The highest BCUT2D eigenvalue weighted by atomic mass is 32.1. The van der Waals surface area contributed by atoms with E-state index in [9.17, 15) is 4.79 Å². The first-order chi connectivity index (χ1) is 17.2. The number of thiophene rings is 1. The van der Waals surface area contributed by atoms with E-state index >= 15 is 0 Å². The van der Waals surface area contributed by atoms with Crippen molar-refractivity contribution in [2.24, 2.45) is 0 Å². The molecule has 0 spiro atoms. The molecule has 0 aliphatic rings. The molecule has 0 atom stereocenters. The number of hydrogen-bond acceptors (Lipinski definition) is 7. The Balaban J connectivity index is 1.13. The standard InChI is InChI=1S/C27H17N3O2S3/c31-25(23-14-15-24(34-23)26-28-20-8-4-5-9-22(20)35-26)30-27-29-21(16-33-27)17-10-12-19(13-11-17)32-18-6-2-1-3-7-18/h1-16H,(H,29,30,31). The topological polar surface area (TPSA) is 64.1 Å². The van der Waals surface area contributed by atoms with Crippen LogP contribution in [-0.2, 0) is 0 Å². The number of nitrogens with zero attached hydrogens (tertiary/aromatic N) is 2. The van der Waals surface area contributed by atoms with E-state index < -0.39 is 0 Å². The lowest BCUT2D eigenvalue weighted by molar-refractivity contribution is 0.103. The molecule has 35 heavy (non-hydrogen) atoms. The summed E-state index contributed by atoms with van der Waals surface area (Å²) in [6, 6.07) is 29.2. The van der Waals surface area contributed by atoms with E-state index in [4.69, 9.17) is 4.74 Å². The Morgan fingerprint density at radius 3 is 2.37 bits per heavy atom. The van der Waals surface area contributed by atoms with Crippen LogP contribution in [0.15, 0.2) is 96.4 Å². The van der Waals surface area contributed by atoms with Gasteiger partial charge in [0, 0.05) is 10.9 Å². The highest BCUT2D eigenvalue weighted by Crippen LogP contribution is 2.35. The summed E-state index contributed by atoms with van der Waals surface area (Å²) in [5, 5.41) is 6.34. The zero-order valence-corrected chi connectivity index (χ0v) is 20.6. The van der Waals surface area contributed by atoms with Crippen molar-refractivity contribution in [1.29, 1.82) is 0 Å². The molecule has 0 aliphatic carbocycles. The van der Waals surface area contributed by atoms with Crippen LogP contribution in [-0.4, -0.2) is 15.9 Å². The van der Waals surface area contributed by atoms with E-state index in [2.05, 4.69) is 21.4 Å². The Hall–Kier alpha value is -3.85. The van der Waals surface area contributed by atoms with Gasteiger partial charge in [-0.05, 0) is 60.7 Å². The first kappa shape index (κ1) is 21.7. The van der Waals surface area contributed by atoms with Gasteiger partial charge in [0.1, 0.15) is 16.5 Å². The number of benzene rings is 3. The third-order valence-corrected chi connectivity index (χ3v) is 8.24. The molecule has 0 unspecified atom stereocenters. The first-order valence-corrected chi connectivity index (χ1v) is 13.3. The average Bonchev–Trinajstić information content (AvgIpc) is 3.64. The number of carbonyl (C=O) groups excluding carboxylic acids is 1. The number of carbonyl (C=O) groups is 1. The second-order valence-electron chi connectivity index (χ2n) is 7.58. The van der Waals surface area contributed by atoms with Gasteiger partial charge in [-0.2, -0.15) is 0 Å². The van der Waals surface area contributed by atoms with E-state index in [1.807, 2.05) is 90.3 Å². The number of amides is 1. The fourth-order valence-electron chi connectivity index (χ4n) is 3.49. The maximum Gasteiger partial charge on any atom is 0.267 e. The molecule has 5 nitrogen and oxygen atoms in total. The zero-order chi connectivity index (χ0) is 23.6. The number of ether oxygens (including phenoxy) is 1. The van der Waals surface area contributed by atoms with Crippen LogP contribution >= 0.6 is 34.0 Å². The maximum atomic E-state index is 12.8. The highest BCUT2D eigenvalue weighted by Gasteiger charge is 2.15. The third-order valence-electron chi connectivity index (χ3n) is 5.19. The highest BCUT2D eigenvalue weighted by molar-refractivity contribution is 7.26. The van der Waals surface area contributed by atoms with Crippen LogP contribution in [0, 0.1) is 0 Å². The van der Waals surface area contributed by atoms with Gasteiger partial charge in [-0.15, -0.1) is 34.0 Å². The molecule has 0 aliphatic heterocycles. The van der Waals surface area contributed by atoms with E-state index in [1.54, 1.807) is 11.3 Å². The number of nitrogens with one attached hydrogen (secondary N) is 1. The van der Waals surface area contributed by atoms with Crippen LogP contribution in [0.3, 0.4) is 0 Å². The summed E-state index contributed by atoms with van der Waals surface area (Å²) in [7, 11) is 0. The summed E-state index contributed by atoms with van der Waals surface area (Å²) in [5.41, 5.74) is 2.73. The Morgan fingerprint density at radius 2 is 1.54 bits per heavy atom. The molecule has 1 amide bonds. The van der Waals surface area contributed by atoms with Crippen molar-refractivity contribution in [2.45, 2.75) is 0 Å². The van der Waals surface area contributed by atoms with E-state index in [0.717, 1.165) is 42.9 Å². The van der Waals surface area contributed by atoms with Gasteiger partial charge in [-0.3, -0.25) is 10.1 Å². The molecule has 0 saturated heterocycles. The van der Waals surface area contributed by atoms with Crippen molar-refractivity contribution in [3.8, 4) is 32.6 Å². The van der Waals surface area contributed by atoms with Gasteiger partial charge < -0.3 is 4.74 Å². The van der Waals surface area contributed by atoms with Crippen molar-refractivity contribution in [3.63, 3.8) is 0 Å². The number of aromatic nitrogens is 2. The molecule has 170 valence electrons. The second-order valence-corrected chi connectivity index (χ2v) is 10.6. The van der Waals surface area contributed by atoms with Gasteiger partial charge in [0.25, 0.3) is 5.91 Å². The van der Waals surface area contributed by atoms with Crippen LogP contribution in [0.25, 0.3) is 31.4 Å². The van der Waals surface area contributed by atoms with Gasteiger partial charge in [-0.1, -0.05) is 30.3 Å². The summed E-state index contributed by atoms with van der Waals surface area (Å²) < 4.78 is 6.99. The summed E-state index contributed by atoms with van der Waals surface area (Å²) in [5.74, 6) is 1.37. The minimum absolute atomic E-state index is 0.171. The van der Waals surface area contributed by atoms with Gasteiger partial charge in [0.05, 0.1) is 25.7 Å². The van der Waals surface area contributed by atoms with E-state index in [-0.39, 0.29) is 5.91 Å². The van der Waals surface area contributed by atoms with Crippen molar-refractivity contribution in [3.05, 3.63) is 101 Å². The normalized spacial score (nSPS) is 11.0. The quantitative estimate of drug-likeness (QED) is 0.245. The van der Waals surface area contributed by atoms with E-state index in [0.29, 0.717) is 10.0 Å². The van der Waals surface area contributed by atoms with Gasteiger partial charge in [0.15, 0.2) is 5.13 Å². The number of anilines is 1. The summed E-state index contributed by atoms with van der Waals surface area (Å²) in [6.07, 6.45) is 0. The smallest absolute Gasteiger partial charge is 0.267 e. The number of para-hydroxylation sites is 2. The molecule has 3 aromatic carbocycles. The molecule has 0 fully saturated rings. The Labute approximate surface area is 213 Å². The monoisotopic (exact) mass is 511 g/mol. The molecule has 3 heterocycles. The molecule has 0 bridgehead atoms.